The van der Waals surface area contributed by atoms with Crippen LogP contribution < -0.4 is 11.5 Å². The number of aromatic hydroxyl groups is 2. The molecular formula is C58H60N2O12S2. The minimum Gasteiger partial charge on any atom is -0.744 e. The molecule has 2 heterocycles. The van der Waals surface area contributed by atoms with Gasteiger partial charge in [0.05, 0.1) is 62.6 Å². The van der Waals surface area contributed by atoms with Gasteiger partial charge in [-0.05, 0) is 35.4 Å². The zero-order chi connectivity index (χ0) is 52.9. The number of rotatable bonds is 9. The van der Waals surface area contributed by atoms with E-state index in [4.69, 9.17) is 18.9 Å². The van der Waals surface area contributed by atoms with E-state index in [1.807, 2.05) is 36.4 Å². The number of ether oxygens (including phenoxy) is 4. The lowest BCUT2D eigenvalue weighted by atomic mass is 9.78. The van der Waals surface area contributed by atoms with Crippen LogP contribution in [0.25, 0.3) is 11.1 Å². The Hall–Kier alpha value is -7.06. The van der Waals surface area contributed by atoms with Crippen molar-refractivity contribution in [3.8, 4) is 22.6 Å². The van der Waals surface area contributed by atoms with E-state index in [1.165, 1.54) is 45.5 Å². The SMILES string of the molecule is C1COCCO1.C1COCCO1.O=S(=O)([O-])c1cc(-c2ccc(O)c(S(=O)(=O)[O-])c2)ccc1O.[NH3+]C(c1ccccc1)(c1ccccc1)c1ccccc1.[NH3+]C(c1ccccc1)(c1ccccc1)c1ccccc1. The fraction of sp³-hybridized carbons (Fsp3) is 0.172. The van der Waals surface area contributed by atoms with Crippen molar-refractivity contribution >= 4 is 20.2 Å². The van der Waals surface area contributed by atoms with Gasteiger partial charge in [0, 0.05) is 33.4 Å². The lowest BCUT2D eigenvalue weighted by Gasteiger charge is -2.27. The lowest BCUT2D eigenvalue weighted by Crippen LogP contribution is -2.71. The maximum Gasteiger partial charge on any atom is 0.172 e. The summed E-state index contributed by atoms with van der Waals surface area (Å²) in [7, 11) is -9.88. The molecule has 0 amide bonds. The van der Waals surface area contributed by atoms with Crippen LogP contribution in [0.4, 0.5) is 0 Å². The summed E-state index contributed by atoms with van der Waals surface area (Å²) in [6.45, 7) is 6.22. The number of phenolic OH excluding ortho intramolecular Hbond substituents is 2. The van der Waals surface area contributed by atoms with Crippen LogP contribution in [0, 0.1) is 0 Å². The standard InChI is InChI=1S/2C19H17N.C12H10O8S2.2C4H8O2/c2*20-19(16-10-4-1-5-11-16,17-12-6-2-7-13-17)18-14-8-3-9-15-18;13-9-3-1-7(5-11(9)21(15,16)17)8-2-4-10(14)12(6-8)22(18,19)20;2*1-2-6-4-3-5-1/h2*1-15H,20H2;1-6,13-14H,(H,15,16,17)(H,18,19,20);2*1-4H2. The first-order chi connectivity index (χ1) is 35.6. The zero-order valence-electron chi connectivity index (χ0n) is 40.6. The van der Waals surface area contributed by atoms with Gasteiger partial charge in [-0.15, -0.1) is 0 Å². The average Bonchev–Trinajstić information content (AvgIpc) is 3.46. The Morgan fingerprint density at radius 3 is 0.689 bits per heavy atom. The first-order valence-corrected chi connectivity index (χ1v) is 26.4. The fourth-order valence-electron chi connectivity index (χ4n) is 8.00. The van der Waals surface area contributed by atoms with Crippen LogP contribution in [0.5, 0.6) is 11.5 Å². The highest BCUT2D eigenvalue weighted by Gasteiger charge is 2.37. The number of phenols is 2. The summed E-state index contributed by atoms with van der Waals surface area (Å²) in [4.78, 5) is -1.77. The zero-order valence-corrected chi connectivity index (χ0v) is 42.3. The molecule has 2 aliphatic rings. The van der Waals surface area contributed by atoms with Crippen molar-refractivity contribution in [1.29, 1.82) is 0 Å². The summed E-state index contributed by atoms with van der Waals surface area (Å²) in [5, 5.41) is 18.8. The molecule has 386 valence electrons. The van der Waals surface area contributed by atoms with Crippen LogP contribution >= 0.6 is 0 Å². The summed E-state index contributed by atoms with van der Waals surface area (Å²) < 4.78 is 85.9. The highest BCUT2D eigenvalue weighted by atomic mass is 32.2. The third-order valence-electron chi connectivity index (χ3n) is 11.9. The number of quaternary nitrogens is 2. The third kappa shape index (κ3) is 15.5. The van der Waals surface area contributed by atoms with E-state index in [9.17, 15) is 36.2 Å². The highest BCUT2D eigenvalue weighted by Crippen LogP contribution is 2.35. The molecule has 74 heavy (non-hydrogen) atoms. The van der Waals surface area contributed by atoms with Gasteiger partial charge >= 0.3 is 0 Å². The molecule has 0 aliphatic carbocycles. The van der Waals surface area contributed by atoms with Crippen molar-refractivity contribution < 1.29 is 66.6 Å². The molecule has 0 saturated carbocycles. The van der Waals surface area contributed by atoms with E-state index in [1.54, 1.807) is 0 Å². The maximum atomic E-state index is 11.0. The summed E-state index contributed by atoms with van der Waals surface area (Å²) in [5.74, 6) is -1.51. The van der Waals surface area contributed by atoms with E-state index in [0.29, 0.717) is 0 Å². The van der Waals surface area contributed by atoms with Crippen molar-refractivity contribution in [2.75, 3.05) is 52.9 Å². The second-order valence-electron chi connectivity index (χ2n) is 16.7. The second kappa shape index (κ2) is 27.3. The van der Waals surface area contributed by atoms with E-state index in [-0.39, 0.29) is 22.2 Å². The molecule has 14 nitrogen and oxygen atoms in total. The van der Waals surface area contributed by atoms with E-state index in [2.05, 4.69) is 157 Å². The van der Waals surface area contributed by atoms with Gasteiger partial charge in [0.1, 0.15) is 31.7 Å². The Morgan fingerprint density at radius 1 is 0.338 bits per heavy atom. The summed E-state index contributed by atoms with van der Waals surface area (Å²) in [5.41, 5.74) is 15.8. The van der Waals surface area contributed by atoms with Crippen LogP contribution in [-0.2, 0) is 50.3 Å². The number of hydrogen-bond donors (Lipinski definition) is 4. The molecule has 0 unspecified atom stereocenters. The van der Waals surface area contributed by atoms with E-state index in [0.717, 1.165) is 77.1 Å². The van der Waals surface area contributed by atoms with Crippen LogP contribution in [0.15, 0.2) is 228 Å². The minimum atomic E-state index is -4.94. The molecule has 2 saturated heterocycles. The molecule has 0 aromatic heterocycles. The summed E-state index contributed by atoms with van der Waals surface area (Å²) in [6, 6.07) is 68.8. The average molecular weight is 1040 g/mol. The van der Waals surface area contributed by atoms with Gasteiger partial charge in [0.15, 0.2) is 11.1 Å². The fourth-order valence-corrected chi connectivity index (χ4v) is 9.19. The first kappa shape index (κ1) is 56.2. The monoisotopic (exact) mass is 1040 g/mol. The molecule has 8 aromatic rings. The minimum absolute atomic E-state index is 0.0668. The Bertz CT molecular complexity index is 2720. The molecule has 0 atom stereocenters. The first-order valence-electron chi connectivity index (χ1n) is 23.6. The molecule has 8 aromatic carbocycles. The van der Waals surface area contributed by atoms with Crippen LogP contribution in [-0.4, -0.2) is 89.0 Å². The lowest BCUT2D eigenvalue weighted by molar-refractivity contribution is -0.455. The van der Waals surface area contributed by atoms with Crippen LogP contribution in [0.3, 0.4) is 0 Å². The Labute approximate surface area is 432 Å². The Balaban J connectivity index is 0.000000162. The molecule has 10 rings (SSSR count). The third-order valence-corrected chi connectivity index (χ3v) is 13.6. The quantitative estimate of drug-likeness (QED) is 0.0837. The molecule has 0 bridgehead atoms. The largest absolute Gasteiger partial charge is 0.744 e. The summed E-state index contributed by atoms with van der Waals surface area (Å²) >= 11 is 0. The molecule has 2 aliphatic heterocycles. The Kier molecular flexibility index (Phi) is 20.7. The number of hydrogen-bond acceptors (Lipinski definition) is 12. The second-order valence-corrected chi connectivity index (χ2v) is 19.4. The van der Waals surface area contributed by atoms with Crippen molar-refractivity contribution in [2.45, 2.75) is 20.9 Å². The van der Waals surface area contributed by atoms with Crippen molar-refractivity contribution in [3.63, 3.8) is 0 Å². The van der Waals surface area contributed by atoms with Gasteiger partial charge in [0.25, 0.3) is 0 Å². The molecule has 2 fully saturated rings. The predicted molar refractivity (Wildman–Crippen MR) is 279 cm³/mol. The van der Waals surface area contributed by atoms with Gasteiger partial charge < -0.3 is 49.7 Å². The van der Waals surface area contributed by atoms with Crippen molar-refractivity contribution in [2.24, 2.45) is 0 Å². The van der Waals surface area contributed by atoms with Gasteiger partial charge in [-0.2, -0.15) is 0 Å². The summed E-state index contributed by atoms with van der Waals surface area (Å²) in [6.07, 6.45) is 0. The van der Waals surface area contributed by atoms with Crippen molar-refractivity contribution in [1.82, 2.24) is 0 Å². The predicted octanol–water partition coefficient (Wildman–Crippen LogP) is 7.08. The maximum absolute atomic E-state index is 11.0. The molecule has 8 N–H and O–H groups in total. The van der Waals surface area contributed by atoms with Gasteiger partial charge in [-0.1, -0.05) is 194 Å². The topological polar surface area (TPSA) is 247 Å². The highest BCUT2D eigenvalue weighted by molar-refractivity contribution is 7.86. The molecule has 16 heteroatoms. The smallest absolute Gasteiger partial charge is 0.172 e. The van der Waals surface area contributed by atoms with E-state index >= 15 is 0 Å². The van der Waals surface area contributed by atoms with Crippen molar-refractivity contribution in [3.05, 3.63) is 252 Å². The molecular weight excluding hydrogens is 981 g/mol. The van der Waals surface area contributed by atoms with Crippen LogP contribution in [0.2, 0.25) is 0 Å². The van der Waals surface area contributed by atoms with Gasteiger partial charge in [-0.25, -0.2) is 16.8 Å². The van der Waals surface area contributed by atoms with E-state index < -0.39 is 41.5 Å². The number of benzene rings is 8. The van der Waals surface area contributed by atoms with Crippen LogP contribution in [0.1, 0.15) is 33.4 Å². The Morgan fingerprint density at radius 2 is 0.527 bits per heavy atom. The molecule has 0 radical (unpaired) electrons. The normalized spacial score (nSPS) is 13.6. The van der Waals surface area contributed by atoms with Gasteiger partial charge in [0.2, 0.25) is 0 Å². The van der Waals surface area contributed by atoms with Gasteiger partial charge in [-0.3, -0.25) is 0 Å². The molecule has 0 spiro atoms.